The highest BCUT2D eigenvalue weighted by Crippen LogP contribution is 2.21. The number of carbonyl (C=O) groups is 1. The fourth-order valence-electron chi connectivity index (χ4n) is 1.90. The van der Waals surface area contributed by atoms with Gasteiger partial charge < -0.3 is 0 Å². The first-order chi connectivity index (χ1) is 8.60. The molecule has 2 aromatic rings. The molecule has 4 nitrogen and oxygen atoms in total. The number of rotatable bonds is 4. The molecule has 0 saturated carbocycles. The lowest BCUT2D eigenvalue weighted by Gasteiger charge is -2.03. The Balaban J connectivity index is 2.43. The van der Waals surface area contributed by atoms with Crippen LogP contribution >= 0.6 is 0 Å². The van der Waals surface area contributed by atoms with Crippen LogP contribution in [0.4, 0.5) is 0 Å². The van der Waals surface area contributed by atoms with Gasteiger partial charge in [-0.1, -0.05) is 13.8 Å². The molecule has 0 aliphatic heterocycles. The lowest BCUT2D eigenvalue weighted by Crippen LogP contribution is -2.04. The van der Waals surface area contributed by atoms with Crippen molar-refractivity contribution in [2.75, 3.05) is 0 Å². The monoisotopic (exact) mass is 243 g/mol. The Bertz CT molecular complexity index is 558. The number of aromatic nitrogens is 3. The molecule has 0 bridgehead atoms. The van der Waals surface area contributed by atoms with Gasteiger partial charge in [-0.25, -0.2) is 0 Å². The van der Waals surface area contributed by atoms with Gasteiger partial charge in [0, 0.05) is 30.7 Å². The van der Waals surface area contributed by atoms with E-state index in [2.05, 4.69) is 23.9 Å². The van der Waals surface area contributed by atoms with Crippen LogP contribution in [0.15, 0.2) is 24.7 Å². The maximum absolute atomic E-state index is 11.1. The van der Waals surface area contributed by atoms with Crippen LogP contribution in [-0.4, -0.2) is 21.1 Å². The first-order valence-corrected chi connectivity index (χ1v) is 6.05. The Morgan fingerprint density at radius 2 is 2.17 bits per heavy atom. The van der Waals surface area contributed by atoms with Gasteiger partial charge in [0.15, 0.2) is 6.29 Å². The summed E-state index contributed by atoms with van der Waals surface area (Å²) in [5.41, 5.74) is 3.27. The van der Waals surface area contributed by atoms with Crippen LogP contribution in [0.5, 0.6) is 0 Å². The van der Waals surface area contributed by atoms with Gasteiger partial charge in [-0.05, 0) is 24.5 Å². The Labute approximate surface area is 107 Å². The molecule has 0 aromatic carbocycles. The highest BCUT2D eigenvalue weighted by Gasteiger charge is 2.11. The van der Waals surface area contributed by atoms with Crippen LogP contribution in [0.3, 0.4) is 0 Å². The molecule has 0 fully saturated rings. The van der Waals surface area contributed by atoms with E-state index in [1.807, 2.05) is 17.7 Å². The van der Waals surface area contributed by atoms with Crippen molar-refractivity contribution in [1.29, 1.82) is 0 Å². The van der Waals surface area contributed by atoms with Crippen LogP contribution in [-0.2, 0) is 6.54 Å². The second-order valence-electron chi connectivity index (χ2n) is 4.92. The molecule has 0 unspecified atom stereocenters. The number of aldehydes is 1. The molecule has 2 rings (SSSR count). The first-order valence-electron chi connectivity index (χ1n) is 6.05. The molecular formula is C14H17N3O. The Hall–Kier alpha value is -1.97. The number of carbonyl (C=O) groups excluding carboxylic acids is 1. The van der Waals surface area contributed by atoms with E-state index >= 15 is 0 Å². The summed E-state index contributed by atoms with van der Waals surface area (Å²) < 4.78 is 1.83. The van der Waals surface area contributed by atoms with Crippen LogP contribution in [0, 0.1) is 12.8 Å². The zero-order valence-corrected chi connectivity index (χ0v) is 10.9. The van der Waals surface area contributed by atoms with Crippen molar-refractivity contribution in [2.45, 2.75) is 27.3 Å². The topological polar surface area (TPSA) is 47.8 Å². The van der Waals surface area contributed by atoms with Gasteiger partial charge in [-0.15, -0.1) is 0 Å². The Morgan fingerprint density at radius 1 is 1.39 bits per heavy atom. The molecule has 0 saturated heterocycles. The van der Waals surface area contributed by atoms with Crippen molar-refractivity contribution >= 4 is 6.29 Å². The first kappa shape index (κ1) is 12.5. The Morgan fingerprint density at radius 3 is 2.78 bits per heavy atom. The zero-order chi connectivity index (χ0) is 13.1. The van der Waals surface area contributed by atoms with E-state index in [1.54, 1.807) is 18.6 Å². The van der Waals surface area contributed by atoms with Gasteiger partial charge in [0.2, 0.25) is 0 Å². The molecule has 0 spiro atoms. The fraction of sp³-hybridized carbons (Fsp3) is 0.357. The molecule has 0 radical (unpaired) electrons. The van der Waals surface area contributed by atoms with E-state index < -0.39 is 0 Å². The van der Waals surface area contributed by atoms with E-state index in [0.717, 1.165) is 24.0 Å². The zero-order valence-electron chi connectivity index (χ0n) is 10.9. The van der Waals surface area contributed by atoms with Crippen molar-refractivity contribution in [3.63, 3.8) is 0 Å². The van der Waals surface area contributed by atoms with Gasteiger partial charge in [0.05, 0.1) is 5.56 Å². The summed E-state index contributed by atoms with van der Waals surface area (Å²) in [5, 5.41) is 4.48. The van der Waals surface area contributed by atoms with Crippen LogP contribution < -0.4 is 0 Å². The summed E-state index contributed by atoms with van der Waals surface area (Å²) in [6.07, 6.45) is 6.17. The summed E-state index contributed by atoms with van der Waals surface area (Å²) >= 11 is 0. The minimum atomic E-state index is 0.493. The van der Waals surface area contributed by atoms with E-state index in [-0.39, 0.29) is 0 Å². The quantitative estimate of drug-likeness (QED) is 0.776. The predicted octanol–water partition coefficient (Wildman–Crippen LogP) is 2.72. The summed E-state index contributed by atoms with van der Waals surface area (Å²) in [5.74, 6) is 0.493. The average molecular weight is 243 g/mol. The SMILES string of the molecule is Cc1cncc(-c2nn(CC(C)C)cc2C=O)c1. The molecule has 0 aliphatic carbocycles. The van der Waals surface area contributed by atoms with Gasteiger partial charge in [0.25, 0.3) is 0 Å². The van der Waals surface area contributed by atoms with Gasteiger partial charge >= 0.3 is 0 Å². The molecule has 18 heavy (non-hydrogen) atoms. The van der Waals surface area contributed by atoms with Crippen molar-refractivity contribution in [3.05, 3.63) is 35.8 Å². The van der Waals surface area contributed by atoms with Crippen LogP contribution in [0.2, 0.25) is 0 Å². The van der Waals surface area contributed by atoms with Gasteiger partial charge in [0.1, 0.15) is 5.69 Å². The molecule has 0 atom stereocenters. The van der Waals surface area contributed by atoms with E-state index in [1.165, 1.54) is 0 Å². The Kier molecular flexibility index (Phi) is 3.55. The van der Waals surface area contributed by atoms with Crippen molar-refractivity contribution in [1.82, 2.24) is 14.8 Å². The van der Waals surface area contributed by atoms with E-state index in [4.69, 9.17) is 0 Å². The fourth-order valence-corrected chi connectivity index (χ4v) is 1.90. The molecule has 94 valence electrons. The maximum atomic E-state index is 11.1. The minimum absolute atomic E-state index is 0.493. The largest absolute Gasteiger partial charge is 0.298 e. The molecule has 2 heterocycles. The van der Waals surface area contributed by atoms with E-state index in [9.17, 15) is 4.79 Å². The molecule has 2 aromatic heterocycles. The van der Waals surface area contributed by atoms with Gasteiger partial charge in [-0.2, -0.15) is 5.10 Å². The van der Waals surface area contributed by atoms with Crippen LogP contribution in [0.25, 0.3) is 11.3 Å². The summed E-state index contributed by atoms with van der Waals surface area (Å²) in [6.45, 7) is 7.02. The maximum Gasteiger partial charge on any atom is 0.153 e. The third-order valence-electron chi connectivity index (χ3n) is 2.62. The average Bonchev–Trinajstić information content (AvgIpc) is 2.71. The smallest absolute Gasteiger partial charge is 0.153 e. The molecule has 4 heteroatoms. The summed E-state index contributed by atoms with van der Waals surface area (Å²) in [7, 11) is 0. The van der Waals surface area contributed by atoms with Gasteiger partial charge in [-0.3, -0.25) is 14.5 Å². The lowest BCUT2D eigenvalue weighted by molar-refractivity contribution is 0.112. The highest BCUT2D eigenvalue weighted by atomic mass is 16.1. The molecule has 0 aliphatic rings. The van der Waals surface area contributed by atoms with Crippen LogP contribution in [0.1, 0.15) is 29.8 Å². The number of nitrogens with zero attached hydrogens (tertiary/aromatic N) is 3. The second kappa shape index (κ2) is 5.12. The third kappa shape index (κ3) is 2.64. The van der Waals surface area contributed by atoms with Crippen molar-refractivity contribution in [3.8, 4) is 11.3 Å². The minimum Gasteiger partial charge on any atom is -0.298 e. The highest BCUT2D eigenvalue weighted by molar-refractivity contribution is 5.85. The normalized spacial score (nSPS) is 10.9. The number of pyridine rings is 1. The summed E-state index contributed by atoms with van der Waals surface area (Å²) in [6, 6.07) is 1.99. The second-order valence-corrected chi connectivity index (χ2v) is 4.92. The summed E-state index contributed by atoms with van der Waals surface area (Å²) in [4.78, 5) is 15.3. The third-order valence-corrected chi connectivity index (χ3v) is 2.62. The standard InChI is InChI=1S/C14H17N3O/c1-10(2)7-17-8-13(9-18)14(16-17)12-4-11(3)5-15-6-12/h4-6,8-10H,7H2,1-3H3. The van der Waals surface area contributed by atoms with E-state index in [0.29, 0.717) is 17.2 Å². The van der Waals surface area contributed by atoms with Crippen molar-refractivity contribution in [2.24, 2.45) is 5.92 Å². The number of hydrogen-bond donors (Lipinski definition) is 0. The molecule has 0 amide bonds. The molecule has 0 N–H and O–H groups in total. The number of aryl methyl sites for hydroxylation is 1. The lowest BCUT2D eigenvalue weighted by atomic mass is 10.1. The number of hydrogen-bond acceptors (Lipinski definition) is 3. The van der Waals surface area contributed by atoms with Crippen molar-refractivity contribution < 1.29 is 4.79 Å². The molecular weight excluding hydrogens is 226 g/mol. The predicted molar refractivity (Wildman–Crippen MR) is 70.4 cm³/mol.